The minimum atomic E-state index is -0.884. The first-order valence-corrected chi connectivity index (χ1v) is 15.7. The molecule has 44 heavy (non-hydrogen) atoms. The lowest BCUT2D eigenvalue weighted by atomic mass is 10.0. The third-order valence-corrected chi connectivity index (χ3v) is 6.85. The predicted molar refractivity (Wildman–Crippen MR) is 172 cm³/mol. The van der Waals surface area contributed by atoms with Crippen LogP contribution in [0.25, 0.3) is 22.6 Å². The van der Waals surface area contributed by atoms with Crippen LogP contribution in [0, 0.1) is 0 Å². The van der Waals surface area contributed by atoms with E-state index in [-0.39, 0.29) is 6.42 Å². The zero-order valence-electron chi connectivity index (χ0n) is 27.2. The highest BCUT2D eigenvalue weighted by Crippen LogP contribution is 2.27. The molecule has 0 radical (unpaired) electrons. The van der Waals surface area contributed by atoms with Gasteiger partial charge in [-0.1, -0.05) is 63.8 Å². The van der Waals surface area contributed by atoms with E-state index in [4.69, 9.17) is 23.9 Å². The highest BCUT2D eigenvalue weighted by Gasteiger charge is 2.25. The molecular formula is C35H49N3O6. The third kappa shape index (κ3) is 11.3. The van der Waals surface area contributed by atoms with Gasteiger partial charge in [0.15, 0.2) is 0 Å². The molecular weight excluding hydrogens is 558 g/mol. The fourth-order valence-corrected chi connectivity index (χ4v) is 4.62. The quantitative estimate of drug-likeness (QED) is 0.125. The number of unbranched alkanes of at least 4 members (excludes halogenated alkanes) is 4. The Morgan fingerprint density at radius 3 is 2.20 bits per heavy atom. The van der Waals surface area contributed by atoms with Gasteiger partial charge in [0.1, 0.15) is 29.9 Å². The third-order valence-electron chi connectivity index (χ3n) is 6.85. The van der Waals surface area contributed by atoms with E-state index in [1.165, 1.54) is 32.8 Å². The topological polar surface area (TPSA) is 101 Å². The van der Waals surface area contributed by atoms with Gasteiger partial charge in [0.25, 0.3) is 0 Å². The fourth-order valence-electron chi connectivity index (χ4n) is 4.62. The molecule has 1 atom stereocenters. The summed E-state index contributed by atoms with van der Waals surface area (Å²) >= 11 is 0. The van der Waals surface area contributed by atoms with Crippen molar-refractivity contribution in [3.05, 3.63) is 60.3 Å². The summed E-state index contributed by atoms with van der Waals surface area (Å²) in [6.45, 7) is 11.3. The van der Waals surface area contributed by atoms with E-state index in [2.05, 4.69) is 19.2 Å². The summed E-state index contributed by atoms with van der Waals surface area (Å²) in [5.41, 5.74) is 2.89. The number of ether oxygens (including phenoxy) is 4. The Labute approximate surface area is 262 Å². The molecule has 0 aliphatic carbocycles. The number of esters is 1. The molecule has 0 aliphatic heterocycles. The molecule has 0 unspecified atom stereocenters. The Bertz CT molecular complexity index is 1300. The van der Waals surface area contributed by atoms with E-state index in [1.807, 2.05) is 59.3 Å². The summed E-state index contributed by atoms with van der Waals surface area (Å²) in [4.78, 5) is 29.7. The van der Waals surface area contributed by atoms with Crippen molar-refractivity contribution in [3.8, 4) is 28.4 Å². The zero-order valence-corrected chi connectivity index (χ0v) is 27.2. The molecule has 0 bridgehead atoms. The normalized spacial score (nSPS) is 12.0. The minimum Gasteiger partial charge on any atom is -0.494 e. The number of imidazole rings is 1. The second-order valence-corrected chi connectivity index (χ2v) is 11.9. The van der Waals surface area contributed by atoms with Crippen LogP contribution in [0.2, 0.25) is 0 Å². The molecule has 9 heteroatoms. The number of nitrogens with zero attached hydrogens (tertiary/aromatic N) is 2. The van der Waals surface area contributed by atoms with Crippen molar-refractivity contribution in [1.82, 2.24) is 14.9 Å². The summed E-state index contributed by atoms with van der Waals surface area (Å²) in [7, 11) is 1.30. The summed E-state index contributed by atoms with van der Waals surface area (Å²) in [5, 5.41) is 2.63. The average molecular weight is 608 g/mol. The van der Waals surface area contributed by atoms with E-state index >= 15 is 0 Å². The van der Waals surface area contributed by atoms with Crippen molar-refractivity contribution >= 4 is 12.1 Å². The monoisotopic (exact) mass is 607 g/mol. The molecule has 0 aliphatic rings. The number of methoxy groups -OCH3 is 1. The van der Waals surface area contributed by atoms with Gasteiger partial charge < -0.3 is 28.8 Å². The predicted octanol–water partition coefficient (Wildman–Crippen LogP) is 7.56. The van der Waals surface area contributed by atoms with Crippen LogP contribution in [0.4, 0.5) is 4.79 Å². The first-order valence-electron chi connectivity index (χ1n) is 15.7. The largest absolute Gasteiger partial charge is 0.494 e. The maximum absolute atomic E-state index is 12.4. The lowest BCUT2D eigenvalue weighted by Gasteiger charge is -2.22. The Morgan fingerprint density at radius 1 is 0.886 bits per heavy atom. The van der Waals surface area contributed by atoms with E-state index in [1.54, 1.807) is 20.8 Å². The van der Waals surface area contributed by atoms with Gasteiger partial charge in [0, 0.05) is 30.4 Å². The fraction of sp³-hybridized carbons (Fsp3) is 0.514. The average Bonchev–Trinajstić information content (AvgIpc) is 3.42. The summed E-state index contributed by atoms with van der Waals surface area (Å²) in [6.07, 6.45) is 8.53. The summed E-state index contributed by atoms with van der Waals surface area (Å²) < 4.78 is 24.0. The minimum absolute atomic E-state index is 0.249. The molecule has 1 heterocycles. The number of aromatic nitrogens is 2. The van der Waals surface area contributed by atoms with E-state index < -0.39 is 23.7 Å². The van der Waals surface area contributed by atoms with Crippen LogP contribution < -0.4 is 10.1 Å². The second-order valence-electron chi connectivity index (χ2n) is 11.9. The molecule has 1 amide bonds. The number of nitrogens with one attached hydrogen (secondary N) is 1. The maximum Gasteiger partial charge on any atom is 0.408 e. The Balaban J connectivity index is 1.74. The van der Waals surface area contributed by atoms with Gasteiger partial charge in [0.2, 0.25) is 0 Å². The van der Waals surface area contributed by atoms with E-state index in [0.29, 0.717) is 13.3 Å². The highest BCUT2D eigenvalue weighted by atomic mass is 16.6. The van der Waals surface area contributed by atoms with E-state index in [0.717, 1.165) is 53.4 Å². The summed E-state index contributed by atoms with van der Waals surface area (Å²) in [5.74, 6) is 1.08. The molecule has 3 rings (SSSR count). The number of amides is 1. The number of rotatable bonds is 17. The van der Waals surface area contributed by atoms with Crippen molar-refractivity contribution in [2.24, 2.45) is 0 Å². The highest BCUT2D eigenvalue weighted by molar-refractivity contribution is 5.81. The van der Waals surface area contributed by atoms with Gasteiger partial charge in [-0.3, -0.25) is 0 Å². The van der Waals surface area contributed by atoms with Gasteiger partial charge >= 0.3 is 12.1 Å². The number of hydrogen-bond donors (Lipinski definition) is 1. The summed E-state index contributed by atoms with van der Waals surface area (Å²) in [6, 6.07) is 14.9. The van der Waals surface area contributed by atoms with Crippen molar-refractivity contribution in [3.63, 3.8) is 0 Å². The molecule has 2 aromatic carbocycles. The SMILES string of the molecule is CCCCCCCOc1ccc(-c2cn(COCCC)c(-c3ccc(C[C@H](NC(=O)OC(C)(C)C)C(=O)OC)cc3)n2)cc1. The number of hydrogen-bond acceptors (Lipinski definition) is 7. The smallest absolute Gasteiger partial charge is 0.408 e. The van der Waals surface area contributed by atoms with Crippen LogP contribution in [0.1, 0.15) is 78.7 Å². The van der Waals surface area contributed by atoms with Crippen LogP contribution in [0.15, 0.2) is 54.7 Å². The maximum atomic E-state index is 12.4. The van der Waals surface area contributed by atoms with Crippen molar-refractivity contribution in [1.29, 1.82) is 0 Å². The second kappa shape index (κ2) is 17.4. The Hall–Kier alpha value is -3.85. The van der Waals surface area contributed by atoms with Crippen LogP contribution in [-0.2, 0) is 32.2 Å². The van der Waals surface area contributed by atoms with Crippen molar-refractivity contribution in [2.45, 2.75) is 97.9 Å². The van der Waals surface area contributed by atoms with Crippen molar-refractivity contribution in [2.75, 3.05) is 20.3 Å². The van der Waals surface area contributed by atoms with Crippen molar-refractivity contribution < 1.29 is 28.5 Å². The van der Waals surface area contributed by atoms with Gasteiger partial charge in [-0.2, -0.15) is 0 Å². The molecule has 240 valence electrons. The Morgan fingerprint density at radius 2 is 1.57 bits per heavy atom. The van der Waals surface area contributed by atoms with Gasteiger partial charge in [-0.15, -0.1) is 0 Å². The number of alkyl carbamates (subject to hydrolysis) is 1. The van der Waals surface area contributed by atoms with Crippen LogP contribution in [0.3, 0.4) is 0 Å². The van der Waals surface area contributed by atoms with Gasteiger partial charge in [-0.25, -0.2) is 14.6 Å². The van der Waals surface area contributed by atoms with E-state index in [9.17, 15) is 9.59 Å². The van der Waals surface area contributed by atoms with Crippen LogP contribution in [0.5, 0.6) is 5.75 Å². The lowest BCUT2D eigenvalue weighted by molar-refractivity contribution is -0.143. The standard InChI is InChI=1S/C35H49N3O6/c1-7-9-10-11-12-22-43-29-19-17-27(18-20-29)31-24-38(25-42-21-8-2)32(36-31)28-15-13-26(14-16-28)23-30(33(39)41-6)37-34(40)44-35(3,4)5/h13-20,24,30H,7-12,21-23,25H2,1-6H3,(H,37,40)/t30-/m0/s1. The zero-order chi connectivity index (χ0) is 32.0. The van der Waals surface area contributed by atoms with Gasteiger partial charge in [-0.05, 0) is 63.4 Å². The molecule has 9 nitrogen and oxygen atoms in total. The molecule has 3 aromatic rings. The van der Waals surface area contributed by atoms with Crippen LogP contribution in [-0.4, -0.2) is 53.6 Å². The molecule has 0 saturated carbocycles. The number of carbonyl (C=O) groups excluding carboxylic acids is 2. The molecule has 1 N–H and O–H groups in total. The van der Waals surface area contributed by atoms with Gasteiger partial charge in [0.05, 0.1) is 19.4 Å². The first-order chi connectivity index (χ1) is 21.1. The van der Waals surface area contributed by atoms with Crippen LogP contribution >= 0.6 is 0 Å². The Kier molecular flexibility index (Phi) is 13.7. The first kappa shape index (κ1) is 34.6. The molecule has 0 saturated heterocycles. The number of benzene rings is 2. The number of carbonyl (C=O) groups is 2. The molecule has 0 fully saturated rings. The molecule has 1 aromatic heterocycles. The molecule has 0 spiro atoms. The lowest BCUT2D eigenvalue weighted by Crippen LogP contribution is -2.45.